The van der Waals surface area contributed by atoms with Gasteiger partial charge in [-0.3, -0.25) is 19.4 Å². The van der Waals surface area contributed by atoms with Crippen molar-refractivity contribution in [2.75, 3.05) is 46.0 Å². The van der Waals surface area contributed by atoms with Crippen LogP contribution in [-0.4, -0.2) is 106 Å². The van der Waals surface area contributed by atoms with Crippen LogP contribution in [0, 0.1) is 0 Å². The number of piperidine rings is 2. The van der Waals surface area contributed by atoms with Gasteiger partial charge >= 0.3 is 36.6 Å². The highest BCUT2D eigenvalue weighted by Crippen LogP contribution is 2.48. The van der Waals surface area contributed by atoms with Gasteiger partial charge in [0.25, 0.3) is 0 Å². The average Bonchev–Trinajstić information content (AvgIpc) is 3.35. The molecule has 432 valence electrons. The number of nitrogens with zero attached hydrogens (tertiary/aromatic N) is 2. The Labute approximate surface area is 444 Å². The van der Waals surface area contributed by atoms with Crippen LogP contribution in [0.2, 0.25) is 0 Å². The maximum atomic E-state index is 13.4. The van der Waals surface area contributed by atoms with E-state index in [1.165, 1.54) is 27.7 Å². The number of alkyl halides is 12. The number of aliphatic hydroxyl groups excluding tert-OH is 2. The van der Waals surface area contributed by atoms with Gasteiger partial charge in [-0.2, -0.15) is 52.7 Å². The van der Waals surface area contributed by atoms with Crippen molar-refractivity contribution in [2.45, 2.75) is 139 Å². The Balaban J connectivity index is 0.000000284. The van der Waals surface area contributed by atoms with E-state index >= 15 is 0 Å². The third-order valence-electron chi connectivity index (χ3n) is 14.8. The highest BCUT2D eigenvalue weighted by molar-refractivity contribution is 5.74. The first-order valence-corrected chi connectivity index (χ1v) is 24.6. The molecule has 2 bridgehead atoms. The summed E-state index contributed by atoms with van der Waals surface area (Å²) in [7, 11) is 0. The SMILES string of the molecule is C.CC(O)C12CC[C@@](CO[C@H](C)c3cc(C(F)(F)F)cc(C(F)(F)F)c3)(c3ccccc3)N(CC(=O)O1)C2.CCOC(=O)CN1CC(O)(C(C)O)CC[C@@]1(CO[C@H](C)c1cc(C(F)(F)F)cc(C(F)(F)F)c1)c1ccccc1. The first-order valence-electron chi connectivity index (χ1n) is 24.6. The zero-order valence-corrected chi connectivity index (χ0v) is 42.5. The molecular formula is C55H64F12N2O9. The second kappa shape index (κ2) is 24.2. The summed E-state index contributed by atoms with van der Waals surface area (Å²) in [5.41, 5.74) is -9.62. The van der Waals surface area contributed by atoms with Crippen LogP contribution >= 0.6 is 0 Å². The first-order chi connectivity index (χ1) is 35.7. The summed E-state index contributed by atoms with van der Waals surface area (Å²) in [6.45, 7) is 6.67. The molecule has 78 heavy (non-hydrogen) atoms. The summed E-state index contributed by atoms with van der Waals surface area (Å²) < 4.78 is 183. The number of aliphatic hydroxyl groups is 3. The van der Waals surface area contributed by atoms with Gasteiger partial charge in [-0.25, -0.2) is 0 Å². The van der Waals surface area contributed by atoms with E-state index in [9.17, 15) is 77.6 Å². The summed E-state index contributed by atoms with van der Waals surface area (Å²) in [5.74, 6) is -1.15. The monoisotopic (exact) mass is 1120 g/mol. The normalized spacial score (nSPS) is 25.5. The number of hydrogen-bond acceptors (Lipinski definition) is 11. The Morgan fingerprint density at radius 1 is 0.615 bits per heavy atom. The molecule has 3 heterocycles. The molecule has 0 spiro atoms. The Kier molecular flexibility index (Phi) is 19.7. The van der Waals surface area contributed by atoms with Gasteiger partial charge in [-0.05, 0) is 119 Å². The molecule has 7 rings (SSSR count). The lowest BCUT2D eigenvalue weighted by Crippen LogP contribution is -2.69. The van der Waals surface area contributed by atoms with Crippen LogP contribution in [0.3, 0.4) is 0 Å². The zero-order chi connectivity index (χ0) is 57.2. The van der Waals surface area contributed by atoms with Crippen LogP contribution in [0.25, 0.3) is 0 Å². The molecule has 11 nitrogen and oxygen atoms in total. The molecule has 0 amide bonds. The Bertz CT molecular complexity index is 2590. The molecule has 3 saturated heterocycles. The smallest absolute Gasteiger partial charge is 0.416 e. The third-order valence-corrected chi connectivity index (χ3v) is 14.8. The minimum Gasteiger partial charge on any atom is -0.465 e. The number of β-amino-alcohol motifs (C(OH)–C–C–N with tert-alkyl or cyclic N) is 1. The summed E-state index contributed by atoms with van der Waals surface area (Å²) in [5, 5.41) is 31.8. The number of rotatable bonds is 15. The Morgan fingerprint density at radius 2 is 1.03 bits per heavy atom. The van der Waals surface area contributed by atoms with E-state index in [0.717, 1.165) is 5.56 Å². The van der Waals surface area contributed by atoms with Crippen LogP contribution in [0.5, 0.6) is 0 Å². The molecule has 0 saturated carbocycles. The molecule has 3 aliphatic rings. The largest absolute Gasteiger partial charge is 0.465 e. The van der Waals surface area contributed by atoms with Crippen molar-refractivity contribution < 1.29 is 96.5 Å². The molecule has 5 unspecified atom stereocenters. The predicted octanol–water partition coefficient (Wildman–Crippen LogP) is 11.6. The molecule has 0 aliphatic carbocycles. The van der Waals surface area contributed by atoms with Gasteiger partial charge in [0.15, 0.2) is 5.60 Å². The first kappa shape index (κ1) is 63.5. The standard InChI is InChI=1S/C28H33F6NO5.C26H27F6NO4.CH4/c1-4-39-24(37)15-35-16-26(38,19(3)36)11-10-25(35,21-8-6-5-7-9-21)17-40-18(2)20-12-22(27(29,30)31)14-23(13-20)28(32,33)34;1-16(18-10-20(25(27,28)29)12-21(11-18)26(30,31)32)36-15-23(19-6-4-3-5-7-19)8-9-24(17(2)34)14-33(23)13-22(35)37-24;/h5-9,12-14,18-19,36,38H,4,10-11,15-17H2,1-3H3;3-7,10-12,16-17,34H,8-9,13-15H2,1-2H3;1H4/t18-,19?,25-,26?;16-,17?,23-,24?;/m11./s1. The van der Waals surface area contributed by atoms with Crippen LogP contribution in [0.15, 0.2) is 97.1 Å². The second-order valence-electron chi connectivity index (χ2n) is 19.9. The second-order valence-corrected chi connectivity index (χ2v) is 19.9. The highest BCUT2D eigenvalue weighted by Gasteiger charge is 2.57. The Hall–Kier alpha value is -5.30. The third kappa shape index (κ3) is 14.4. The molecule has 4 aromatic carbocycles. The molecule has 0 radical (unpaired) electrons. The van der Waals surface area contributed by atoms with Gasteiger partial charge in [-0.1, -0.05) is 68.1 Å². The lowest BCUT2D eigenvalue weighted by molar-refractivity contribution is -0.222. The van der Waals surface area contributed by atoms with E-state index in [1.54, 1.807) is 60.4 Å². The van der Waals surface area contributed by atoms with Crippen molar-refractivity contribution in [1.82, 2.24) is 9.80 Å². The minimum absolute atomic E-state index is 0. The van der Waals surface area contributed by atoms with Gasteiger partial charge in [0.2, 0.25) is 0 Å². The van der Waals surface area contributed by atoms with Crippen LogP contribution < -0.4 is 0 Å². The van der Waals surface area contributed by atoms with Crippen molar-refractivity contribution in [1.29, 1.82) is 0 Å². The molecule has 3 aliphatic heterocycles. The van der Waals surface area contributed by atoms with Gasteiger partial charge < -0.3 is 34.3 Å². The van der Waals surface area contributed by atoms with Crippen molar-refractivity contribution >= 4 is 11.9 Å². The number of morpholine rings is 1. The van der Waals surface area contributed by atoms with Gasteiger partial charge in [-0.15, -0.1) is 0 Å². The minimum atomic E-state index is -5.01. The lowest BCUT2D eigenvalue weighted by Gasteiger charge is -2.56. The van der Waals surface area contributed by atoms with Crippen molar-refractivity contribution in [3.8, 4) is 0 Å². The average molecular weight is 1130 g/mol. The van der Waals surface area contributed by atoms with Crippen molar-refractivity contribution in [3.05, 3.63) is 142 Å². The summed E-state index contributed by atoms with van der Waals surface area (Å²) in [4.78, 5) is 28.5. The fourth-order valence-corrected chi connectivity index (χ4v) is 10.1. The maximum absolute atomic E-state index is 13.4. The number of esters is 2. The number of halogens is 12. The van der Waals surface area contributed by atoms with Crippen LogP contribution in [0.1, 0.15) is 124 Å². The van der Waals surface area contributed by atoms with Crippen LogP contribution in [-0.2, 0) is 64.3 Å². The maximum Gasteiger partial charge on any atom is 0.416 e. The molecule has 3 fully saturated rings. The van der Waals surface area contributed by atoms with E-state index < -0.39 is 106 Å². The van der Waals surface area contributed by atoms with E-state index in [2.05, 4.69) is 0 Å². The van der Waals surface area contributed by atoms with Gasteiger partial charge in [0, 0.05) is 13.1 Å². The van der Waals surface area contributed by atoms with E-state index in [-0.39, 0.29) is 89.5 Å². The lowest BCUT2D eigenvalue weighted by atomic mass is 9.73. The number of carbonyl (C=O) groups excluding carboxylic acids is 2. The molecule has 0 aromatic heterocycles. The van der Waals surface area contributed by atoms with Crippen molar-refractivity contribution in [2.24, 2.45) is 0 Å². The number of hydrogen-bond donors (Lipinski definition) is 3. The molecular weight excluding hydrogens is 1060 g/mol. The number of benzene rings is 4. The number of likely N-dealkylation sites (tertiary alicyclic amines) is 1. The summed E-state index contributed by atoms with van der Waals surface area (Å²) in [6, 6.07) is 20.5. The van der Waals surface area contributed by atoms with E-state index in [1.807, 2.05) is 17.0 Å². The Morgan fingerprint density at radius 3 is 1.42 bits per heavy atom. The van der Waals surface area contributed by atoms with Crippen LogP contribution in [0.4, 0.5) is 52.7 Å². The number of ether oxygens (including phenoxy) is 4. The summed E-state index contributed by atoms with van der Waals surface area (Å²) >= 11 is 0. The van der Waals surface area contributed by atoms with E-state index in [4.69, 9.17) is 18.9 Å². The fraction of sp³-hybridized carbons (Fsp3) is 0.527. The fourth-order valence-electron chi connectivity index (χ4n) is 10.1. The highest BCUT2D eigenvalue weighted by atomic mass is 19.4. The predicted molar refractivity (Wildman–Crippen MR) is 260 cm³/mol. The quantitative estimate of drug-likeness (QED) is 0.0775. The summed E-state index contributed by atoms with van der Waals surface area (Å²) in [6.07, 6.45) is -23.5. The molecule has 9 atom stereocenters. The molecule has 3 N–H and O–H groups in total. The number of fused-ring (bicyclic) bond motifs is 2. The van der Waals surface area contributed by atoms with Crippen molar-refractivity contribution in [3.63, 3.8) is 0 Å². The van der Waals surface area contributed by atoms with Gasteiger partial charge in [0.05, 0.1) is 90.7 Å². The van der Waals surface area contributed by atoms with E-state index in [0.29, 0.717) is 42.7 Å². The molecule has 23 heteroatoms. The topological polar surface area (TPSA) is 138 Å². The number of carbonyl (C=O) groups is 2. The molecule has 4 aromatic rings. The zero-order valence-electron chi connectivity index (χ0n) is 42.5. The van der Waals surface area contributed by atoms with Gasteiger partial charge in [0.1, 0.15) is 5.60 Å².